The molecule has 0 amide bonds. The van der Waals surface area contributed by atoms with Gasteiger partial charge in [-0.15, -0.1) is 0 Å². The summed E-state index contributed by atoms with van der Waals surface area (Å²) in [6, 6.07) is 1.75. The summed E-state index contributed by atoms with van der Waals surface area (Å²) in [6.07, 6.45) is 0.0480. The van der Waals surface area contributed by atoms with Crippen molar-refractivity contribution >= 4 is 11.9 Å². The van der Waals surface area contributed by atoms with Crippen molar-refractivity contribution < 1.29 is 19.4 Å². The van der Waals surface area contributed by atoms with Gasteiger partial charge in [0.1, 0.15) is 0 Å². The molecule has 1 unspecified atom stereocenters. The topological polar surface area (TPSA) is 81.4 Å². The number of methoxy groups -OCH3 is 1. The zero-order valence-electron chi connectivity index (χ0n) is 10.4. The van der Waals surface area contributed by atoms with Crippen LogP contribution in [-0.4, -0.2) is 33.9 Å². The van der Waals surface area contributed by atoms with E-state index in [-0.39, 0.29) is 6.42 Å². The minimum atomic E-state index is -1.59. The smallest absolute Gasteiger partial charge is 0.323 e. The number of esters is 1. The molecule has 1 aromatic heterocycles. The molecule has 0 aliphatic carbocycles. The van der Waals surface area contributed by atoms with Crippen LogP contribution in [-0.2, 0) is 27.8 Å². The van der Waals surface area contributed by atoms with Crippen LogP contribution in [0.1, 0.15) is 18.3 Å². The van der Waals surface area contributed by atoms with Crippen molar-refractivity contribution in [1.29, 1.82) is 0 Å². The first kappa shape index (κ1) is 13.2. The third-order valence-electron chi connectivity index (χ3n) is 2.74. The van der Waals surface area contributed by atoms with Gasteiger partial charge in [0, 0.05) is 19.2 Å². The van der Waals surface area contributed by atoms with Gasteiger partial charge in [0.05, 0.1) is 12.8 Å². The highest BCUT2D eigenvalue weighted by molar-refractivity contribution is 5.98. The van der Waals surface area contributed by atoms with Crippen LogP contribution in [0.2, 0.25) is 0 Å². The monoisotopic (exact) mass is 240 g/mol. The van der Waals surface area contributed by atoms with Crippen LogP contribution in [0.25, 0.3) is 0 Å². The number of carbonyl (C=O) groups is 2. The van der Waals surface area contributed by atoms with E-state index in [9.17, 15) is 9.59 Å². The quantitative estimate of drug-likeness (QED) is 0.613. The van der Waals surface area contributed by atoms with E-state index >= 15 is 0 Å². The van der Waals surface area contributed by atoms with E-state index in [0.29, 0.717) is 5.69 Å². The lowest BCUT2D eigenvalue weighted by molar-refractivity contribution is -0.165. The van der Waals surface area contributed by atoms with Gasteiger partial charge in [-0.25, -0.2) is 0 Å². The summed E-state index contributed by atoms with van der Waals surface area (Å²) < 4.78 is 6.12. The molecule has 0 aliphatic rings. The average molecular weight is 240 g/mol. The molecule has 0 radical (unpaired) electrons. The van der Waals surface area contributed by atoms with Crippen LogP contribution in [0.5, 0.6) is 0 Å². The number of carboxylic acid groups (broad SMARTS) is 1. The van der Waals surface area contributed by atoms with Gasteiger partial charge in [-0.1, -0.05) is 0 Å². The van der Waals surface area contributed by atoms with Gasteiger partial charge in [-0.05, 0) is 19.9 Å². The summed E-state index contributed by atoms with van der Waals surface area (Å²) in [5, 5.41) is 13.3. The highest BCUT2D eigenvalue weighted by Crippen LogP contribution is 2.25. The first-order valence-electron chi connectivity index (χ1n) is 5.12. The summed E-state index contributed by atoms with van der Waals surface area (Å²) in [6.45, 7) is 3.16. The molecule has 1 rings (SSSR count). The number of carbonyl (C=O) groups excluding carboxylic acids is 1. The Labute approximate surface area is 99.2 Å². The van der Waals surface area contributed by atoms with Crippen LogP contribution < -0.4 is 0 Å². The first-order chi connectivity index (χ1) is 7.81. The number of ether oxygens (including phenoxy) is 1. The summed E-state index contributed by atoms with van der Waals surface area (Å²) in [7, 11) is 2.89. The maximum atomic E-state index is 11.6. The van der Waals surface area contributed by atoms with Crippen molar-refractivity contribution in [1.82, 2.24) is 9.78 Å². The predicted octanol–water partition coefficient (Wildman–Crippen LogP) is 0.535. The van der Waals surface area contributed by atoms with Crippen molar-refractivity contribution in [3.63, 3.8) is 0 Å². The molecule has 1 heterocycles. The Kier molecular flexibility index (Phi) is 3.55. The third kappa shape index (κ3) is 2.46. The number of hydrogen-bond acceptors (Lipinski definition) is 4. The lowest BCUT2D eigenvalue weighted by Gasteiger charge is -2.21. The van der Waals surface area contributed by atoms with E-state index in [1.165, 1.54) is 14.0 Å². The normalized spacial score (nSPS) is 14.1. The summed E-state index contributed by atoms with van der Waals surface area (Å²) in [4.78, 5) is 22.8. The van der Waals surface area contributed by atoms with Crippen LogP contribution in [0, 0.1) is 12.3 Å². The minimum absolute atomic E-state index is 0.0480. The van der Waals surface area contributed by atoms with Crippen molar-refractivity contribution in [2.45, 2.75) is 20.3 Å². The number of aryl methyl sites for hydroxylation is 2. The Morgan fingerprint density at radius 1 is 1.59 bits per heavy atom. The van der Waals surface area contributed by atoms with Crippen molar-refractivity contribution in [3.8, 4) is 0 Å². The molecular weight excluding hydrogens is 224 g/mol. The fourth-order valence-electron chi connectivity index (χ4n) is 1.65. The van der Waals surface area contributed by atoms with E-state index in [2.05, 4.69) is 9.84 Å². The fourth-order valence-corrected chi connectivity index (χ4v) is 1.65. The van der Waals surface area contributed by atoms with Crippen molar-refractivity contribution in [3.05, 3.63) is 17.5 Å². The summed E-state index contributed by atoms with van der Waals surface area (Å²) in [5.74, 6) is -1.97. The van der Waals surface area contributed by atoms with Crippen molar-refractivity contribution in [2.24, 2.45) is 12.5 Å². The zero-order chi connectivity index (χ0) is 13.2. The van der Waals surface area contributed by atoms with Gasteiger partial charge in [0.2, 0.25) is 0 Å². The number of rotatable bonds is 4. The third-order valence-corrected chi connectivity index (χ3v) is 2.74. The molecule has 1 aromatic rings. The molecule has 0 bridgehead atoms. The van der Waals surface area contributed by atoms with Gasteiger partial charge in [-0.2, -0.15) is 5.10 Å². The number of hydrogen-bond donors (Lipinski definition) is 1. The molecule has 0 fully saturated rings. The van der Waals surface area contributed by atoms with E-state index in [4.69, 9.17) is 5.11 Å². The maximum absolute atomic E-state index is 11.6. The fraction of sp³-hybridized carbons (Fsp3) is 0.545. The molecule has 0 aromatic carbocycles. The van der Waals surface area contributed by atoms with E-state index in [1.54, 1.807) is 24.7 Å². The second-order valence-electron chi connectivity index (χ2n) is 4.21. The molecule has 1 atom stereocenters. The average Bonchev–Trinajstić information content (AvgIpc) is 2.55. The molecule has 17 heavy (non-hydrogen) atoms. The molecule has 1 N–H and O–H groups in total. The van der Waals surface area contributed by atoms with Gasteiger partial charge in [0.15, 0.2) is 5.41 Å². The lowest BCUT2D eigenvalue weighted by atomic mass is 9.85. The Hall–Kier alpha value is -1.85. The minimum Gasteiger partial charge on any atom is -0.480 e. The van der Waals surface area contributed by atoms with Gasteiger partial charge < -0.3 is 9.84 Å². The van der Waals surface area contributed by atoms with Crippen LogP contribution in [0.4, 0.5) is 0 Å². The number of carboxylic acids is 1. The van der Waals surface area contributed by atoms with E-state index < -0.39 is 17.4 Å². The predicted molar refractivity (Wildman–Crippen MR) is 59.4 cm³/mol. The van der Waals surface area contributed by atoms with Crippen molar-refractivity contribution in [2.75, 3.05) is 7.11 Å². The van der Waals surface area contributed by atoms with Gasteiger partial charge in [0.25, 0.3) is 0 Å². The van der Waals surface area contributed by atoms with Gasteiger partial charge >= 0.3 is 11.9 Å². The largest absolute Gasteiger partial charge is 0.480 e. The number of nitrogens with zero attached hydrogens (tertiary/aromatic N) is 2. The van der Waals surface area contributed by atoms with Crippen LogP contribution in [0.3, 0.4) is 0 Å². The molecule has 94 valence electrons. The Morgan fingerprint density at radius 2 is 2.18 bits per heavy atom. The molecule has 6 nitrogen and oxygen atoms in total. The first-order valence-corrected chi connectivity index (χ1v) is 5.12. The highest BCUT2D eigenvalue weighted by Gasteiger charge is 2.43. The molecule has 0 spiro atoms. The SMILES string of the molecule is COC(=O)C(C)(Cc1cc(C)nn1C)C(=O)O. The molecule has 6 heteroatoms. The Balaban J connectivity index is 3.07. The number of aromatic nitrogens is 2. The molecule has 0 aliphatic heterocycles. The van der Waals surface area contributed by atoms with Crippen LogP contribution >= 0.6 is 0 Å². The second kappa shape index (κ2) is 4.57. The molecule has 0 saturated heterocycles. The second-order valence-corrected chi connectivity index (χ2v) is 4.21. The standard InChI is InChI=1S/C11H16N2O4/c1-7-5-8(13(3)12-7)6-11(2,9(14)15)10(16)17-4/h5H,6H2,1-4H3,(H,14,15). The maximum Gasteiger partial charge on any atom is 0.323 e. The summed E-state index contributed by atoms with van der Waals surface area (Å²) >= 11 is 0. The lowest BCUT2D eigenvalue weighted by Crippen LogP contribution is -2.39. The summed E-state index contributed by atoms with van der Waals surface area (Å²) in [5.41, 5.74) is -0.132. The Bertz CT molecular complexity index is 452. The molecule has 0 saturated carbocycles. The van der Waals surface area contributed by atoms with Gasteiger partial charge in [-0.3, -0.25) is 14.3 Å². The Morgan fingerprint density at radius 3 is 2.53 bits per heavy atom. The van der Waals surface area contributed by atoms with E-state index in [1.807, 2.05) is 0 Å². The number of aliphatic carboxylic acids is 1. The molecular formula is C11H16N2O4. The highest BCUT2D eigenvalue weighted by atomic mass is 16.5. The van der Waals surface area contributed by atoms with E-state index in [0.717, 1.165) is 5.69 Å². The van der Waals surface area contributed by atoms with Crippen LogP contribution in [0.15, 0.2) is 6.07 Å². The zero-order valence-corrected chi connectivity index (χ0v) is 10.4.